The third-order valence-corrected chi connectivity index (χ3v) is 4.38. The number of carbonyl (C=O) groups excluding carboxylic acids is 2. The minimum absolute atomic E-state index is 0.0383. The molecule has 0 aliphatic rings. The number of aryl methyl sites for hydroxylation is 1. The fraction of sp³-hybridized carbons (Fsp3) is 0.154. The van der Waals surface area contributed by atoms with Crippen LogP contribution in [-0.4, -0.2) is 24.0 Å². The number of halogens is 3. The Morgan fingerprint density at radius 3 is 2.41 bits per heavy atom. The highest BCUT2D eigenvalue weighted by Gasteiger charge is 2.26. The van der Waals surface area contributed by atoms with E-state index in [1.165, 1.54) is 22.8 Å². The molecular weight excluding hydrogens is 373 g/mol. The molecule has 0 unspecified atom stereocenters. The SMILES string of the molecule is COC(=O)c1c(Cl)c(Cl)cc(Cl)c1OC(=O)c1csc(C)n1. The Labute approximate surface area is 144 Å². The molecule has 5 nitrogen and oxygen atoms in total. The summed E-state index contributed by atoms with van der Waals surface area (Å²) >= 11 is 19.1. The first-order valence-corrected chi connectivity index (χ1v) is 7.76. The van der Waals surface area contributed by atoms with Gasteiger partial charge in [0.05, 0.1) is 27.2 Å². The Balaban J connectivity index is 2.48. The van der Waals surface area contributed by atoms with Gasteiger partial charge in [-0.1, -0.05) is 34.8 Å². The minimum atomic E-state index is -0.827. The van der Waals surface area contributed by atoms with Crippen molar-refractivity contribution in [1.82, 2.24) is 4.98 Å². The van der Waals surface area contributed by atoms with Gasteiger partial charge in [-0.25, -0.2) is 14.6 Å². The van der Waals surface area contributed by atoms with Gasteiger partial charge in [0, 0.05) is 5.38 Å². The molecule has 1 aromatic carbocycles. The van der Waals surface area contributed by atoms with E-state index in [4.69, 9.17) is 39.5 Å². The van der Waals surface area contributed by atoms with Crippen LogP contribution in [0.4, 0.5) is 0 Å². The maximum absolute atomic E-state index is 12.1. The summed E-state index contributed by atoms with van der Waals surface area (Å²) in [5.41, 5.74) is -0.123. The lowest BCUT2D eigenvalue weighted by atomic mass is 10.2. The average molecular weight is 381 g/mol. The summed E-state index contributed by atoms with van der Waals surface area (Å²) in [6.07, 6.45) is 0. The number of esters is 2. The van der Waals surface area contributed by atoms with Gasteiger partial charge in [-0.2, -0.15) is 0 Å². The van der Waals surface area contributed by atoms with Crippen LogP contribution in [0.5, 0.6) is 5.75 Å². The number of hydrogen-bond donors (Lipinski definition) is 0. The van der Waals surface area contributed by atoms with Crippen molar-refractivity contribution in [2.24, 2.45) is 0 Å². The number of ether oxygens (including phenoxy) is 2. The molecule has 116 valence electrons. The van der Waals surface area contributed by atoms with Crippen molar-refractivity contribution < 1.29 is 19.1 Å². The molecule has 9 heteroatoms. The summed E-state index contributed by atoms with van der Waals surface area (Å²) in [6.45, 7) is 1.74. The van der Waals surface area contributed by atoms with Crippen LogP contribution in [0.15, 0.2) is 11.4 Å². The summed E-state index contributed by atoms with van der Waals surface area (Å²) in [5.74, 6) is -1.82. The second kappa shape index (κ2) is 6.83. The molecule has 0 bridgehead atoms. The topological polar surface area (TPSA) is 65.5 Å². The summed E-state index contributed by atoms with van der Waals surface area (Å²) in [5, 5.41) is 2.10. The number of hydrogen-bond acceptors (Lipinski definition) is 6. The molecule has 0 atom stereocenters. The van der Waals surface area contributed by atoms with Crippen molar-refractivity contribution in [2.75, 3.05) is 7.11 Å². The normalized spacial score (nSPS) is 10.4. The van der Waals surface area contributed by atoms with Crippen molar-refractivity contribution in [3.63, 3.8) is 0 Å². The molecule has 0 N–H and O–H groups in total. The van der Waals surface area contributed by atoms with E-state index in [0.717, 1.165) is 7.11 Å². The van der Waals surface area contributed by atoms with Crippen molar-refractivity contribution in [1.29, 1.82) is 0 Å². The second-order valence-corrected chi connectivity index (χ2v) is 6.25. The number of methoxy groups -OCH3 is 1. The van der Waals surface area contributed by atoms with Crippen molar-refractivity contribution in [3.05, 3.63) is 42.8 Å². The Morgan fingerprint density at radius 1 is 1.18 bits per heavy atom. The molecule has 2 aromatic rings. The van der Waals surface area contributed by atoms with Crippen LogP contribution in [0, 0.1) is 6.92 Å². The molecular formula is C13H8Cl3NO4S. The molecule has 0 saturated heterocycles. The van der Waals surface area contributed by atoms with Gasteiger partial charge in [0.25, 0.3) is 0 Å². The molecule has 0 fully saturated rings. The van der Waals surface area contributed by atoms with Crippen LogP contribution < -0.4 is 4.74 Å². The molecule has 0 aliphatic heterocycles. The fourth-order valence-corrected chi connectivity index (χ4v) is 2.87. The lowest BCUT2D eigenvalue weighted by Crippen LogP contribution is -2.14. The van der Waals surface area contributed by atoms with E-state index in [0.29, 0.717) is 5.01 Å². The molecule has 0 aliphatic carbocycles. The predicted molar refractivity (Wildman–Crippen MR) is 84.6 cm³/mol. The average Bonchev–Trinajstić information content (AvgIpc) is 2.91. The third kappa shape index (κ3) is 3.35. The van der Waals surface area contributed by atoms with Crippen molar-refractivity contribution >= 4 is 58.1 Å². The maximum atomic E-state index is 12.1. The highest BCUT2D eigenvalue weighted by Crippen LogP contribution is 2.40. The first-order valence-electron chi connectivity index (χ1n) is 5.75. The van der Waals surface area contributed by atoms with Gasteiger partial charge >= 0.3 is 11.9 Å². The fourth-order valence-electron chi connectivity index (χ4n) is 1.56. The third-order valence-electron chi connectivity index (χ3n) is 2.54. The Hall–Kier alpha value is -1.34. The van der Waals surface area contributed by atoms with Gasteiger partial charge in [-0.3, -0.25) is 0 Å². The Bertz CT molecular complexity index is 760. The minimum Gasteiger partial charge on any atom is -0.465 e. The van der Waals surface area contributed by atoms with Gasteiger partial charge in [0.15, 0.2) is 11.4 Å². The molecule has 0 radical (unpaired) electrons. The van der Waals surface area contributed by atoms with Gasteiger partial charge in [0.1, 0.15) is 5.56 Å². The first kappa shape index (κ1) is 17.0. The highest BCUT2D eigenvalue weighted by atomic mass is 35.5. The van der Waals surface area contributed by atoms with Crippen LogP contribution in [-0.2, 0) is 4.74 Å². The van der Waals surface area contributed by atoms with Crippen molar-refractivity contribution in [2.45, 2.75) is 6.92 Å². The number of nitrogens with zero attached hydrogens (tertiary/aromatic N) is 1. The predicted octanol–water partition coefficient (Wildman–Crippen LogP) is 4.42. The number of benzene rings is 1. The lowest BCUT2D eigenvalue weighted by Gasteiger charge is -2.12. The maximum Gasteiger partial charge on any atom is 0.363 e. The quantitative estimate of drug-likeness (QED) is 0.448. The first-order chi connectivity index (χ1) is 10.3. The van der Waals surface area contributed by atoms with Gasteiger partial charge in [0.2, 0.25) is 0 Å². The summed E-state index contributed by atoms with van der Waals surface area (Å²) in [4.78, 5) is 27.9. The molecule has 0 spiro atoms. The number of aromatic nitrogens is 1. The molecule has 1 heterocycles. The van der Waals surface area contributed by atoms with Crippen LogP contribution in [0.25, 0.3) is 0 Å². The Kier molecular flexibility index (Phi) is 5.28. The summed E-state index contributed by atoms with van der Waals surface area (Å²) < 4.78 is 9.78. The van der Waals surface area contributed by atoms with E-state index in [-0.39, 0.29) is 32.1 Å². The van der Waals surface area contributed by atoms with Crippen LogP contribution in [0.2, 0.25) is 15.1 Å². The smallest absolute Gasteiger partial charge is 0.363 e. The largest absolute Gasteiger partial charge is 0.465 e. The van der Waals surface area contributed by atoms with Crippen LogP contribution >= 0.6 is 46.1 Å². The van der Waals surface area contributed by atoms with Crippen molar-refractivity contribution in [3.8, 4) is 5.75 Å². The lowest BCUT2D eigenvalue weighted by molar-refractivity contribution is 0.0593. The van der Waals surface area contributed by atoms with Gasteiger partial charge in [-0.05, 0) is 13.0 Å². The molecule has 22 heavy (non-hydrogen) atoms. The van der Waals surface area contributed by atoms with Crippen LogP contribution in [0.1, 0.15) is 25.9 Å². The van der Waals surface area contributed by atoms with E-state index in [1.807, 2.05) is 0 Å². The van der Waals surface area contributed by atoms with E-state index in [2.05, 4.69) is 9.72 Å². The van der Waals surface area contributed by atoms with Gasteiger partial charge < -0.3 is 9.47 Å². The zero-order valence-corrected chi connectivity index (χ0v) is 14.4. The van der Waals surface area contributed by atoms with E-state index in [1.54, 1.807) is 6.92 Å². The monoisotopic (exact) mass is 379 g/mol. The van der Waals surface area contributed by atoms with Crippen LogP contribution in [0.3, 0.4) is 0 Å². The number of thiazole rings is 1. The summed E-state index contributed by atoms with van der Waals surface area (Å²) in [7, 11) is 1.16. The molecule has 0 saturated carbocycles. The molecule has 2 rings (SSSR count). The Morgan fingerprint density at radius 2 is 1.86 bits per heavy atom. The zero-order chi connectivity index (χ0) is 16.4. The molecule has 1 aromatic heterocycles. The number of carbonyl (C=O) groups is 2. The second-order valence-electron chi connectivity index (χ2n) is 3.99. The molecule has 0 amide bonds. The standard InChI is InChI=1S/C13H8Cl3NO4S/c1-5-17-8(4-22-5)12(18)21-11-7(15)3-6(14)10(16)9(11)13(19)20-2/h3-4H,1-2H3. The zero-order valence-electron chi connectivity index (χ0n) is 11.3. The highest BCUT2D eigenvalue weighted by molar-refractivity contribution is 7.09. The van der Waals surface area contributed by atoms with E-state index in [9.17, 15) is 9.59 Å². The van der Waals surface area contributed by atoms with Gasteiger partial charge in [-0.15, -0.1) is 11.3 Å². The number of rotatable bonds is 3. The van der Waals surface area contributed by atoms with E-state index < -0.39 is 11.9 Å². The summed E-state index contributed by atoms with van der Waals surface area (Å²) in [6, 6.07) is 1.27. The van der Waals surface area contributed by atoms with E-state index >= 15 is 0 Å².